The van der Waals surface area contributed by atoms with Crippen LogP contribution in [0.2, 0.25) is 0 Å². The number of nitro benzene ring substituents is 1. The average molecular weight is 325 g/mol. The molecule has 2 aromatic carbocycles. The van der Waals surface area contributed by atoms with Crippen molar-refractivity contribution in [2.24, 2.45) is 0 Å². The van der Waals surface area contributed by atoms with Gasteiger partial charge in [-0.3, -0.25) is 10.1 Å². The van der Waals surface area contributed by atoms with Crippen LogP contribution in [-0.2, 0) is 6.54 Å². The molecule has 19 heavy (non-hydrogen) atoms. The summed E-state index contributed by atoms with van der Waals surface area (Å²) in [5.74, 6) is -0.843. The standard InChI is InChI=1S/C13H10BrFN2O2/c14-10-4-1-3-9(7-10)8-16-12-6-2-5-11(15)13(12)17(18)19/h1-7,16H,8H2. The number of rotatable bonds is 4. The number of anilines is 1. The first kappa shape index (κ1) is 13.5. The first-order valence-electron chi connectivity index (χ1n) is 5.49. The highest BCUT2D eigenvalue weighted by Gasteiger charge is 2.19. The molecule has 0 aromatic heterocycles. The Kier molecular flexibility index (Phi) is 4.11. The second kappa shape index (κ2) is 5.79. The largest absolute Gasteiger partial charge is 0.375 e. The maximum atomic E-state index is 13.4. The van der Waals surface area contributed by atoms with Gasteiger partial charge >= 0.3 is 5.69 Å². The minimum atomic E-state index is -0.843. The zero-order chi connectivity index (χ0) is 13.8. The summed E-state index contributed by atoms with van der Waals surface area (Å²) in [7, 11) is 0. The highest BCUT2D eigenvalue weighted by atomic mass is 79.9. The zero-order valence-corrected chi connectivity index (χ0v) is 11.4. The molecule has 0 amide bonds. The van der Waals surface area contributed by atoms with Crippen molar-refractivity contribution in [3.8, 4) is 0 Å². The summed E-state index contributed by atoms with van der Waals surface area (Å²) in [5.41, 5.74) is 0.579. The summed E-state index contributed by atoms with van der Waals surface area (Å²) >= 11 is 3.34. The van der Waals surface area contributed by atoms with Crippen LogP contribution in [0.3, 0.4) is 0 Å². The number of para-hydroxylation sites is 1. The van der Waals surface area contributed by atoms with Crippen LogP contribution in [0.15, 0.2) is 46.9 Å². The number of hydrogen-bond acceptors (Lipinski definition) is 3. The summed E-state index contributed by atoms with van der Waals surface area (Å²) in [4.78, 5) is 10.1. The van der Waals surface area contributed by atoms with Crippen molar-refractivity contribution in [1.29, 1.82) is 0 Å². The first-order valence-corrected chi connectivity index (χ1v) is 6.28. The van der Waals surface area contributed by atoms with E-state index in [-0.39, 0.29) is 5.69 Å². The van der Waals surface area contributed by atoms with Crippen molar-refractivity contribution >= 4 is 27.3 Å². The van der Waals surface area contributed by atoms with Gasteiger partial charge in [-0.05, 0) is 29.8 Å². The van der Waals surface area contributed by atoms with E-state index in [9.17, 15) is 14.5 Å². The molecule has 2 rings (SSSR count). The van der Waals surface area contributed by atoms with Crippen LogP contribution in [0.25, 0.3) is 0 Å². The monoisotopic (exact) mass is 324 g/mol. The van der Waals surface area contributed by atoms with E-state index < -0.39 is 16.4 Å². The molecule has 1 N–H and O–H groups in total. The van der Waals surface area contributed by atoms with Gasteiger partial charge in [0, 0.05) is 11.0 Å². The molecule has 6 heteroatoms. The first-order chi connectivity index (χ1) is 9.08. The molecule has 0 spiro atoms. The predicted octanol–water partition coefficient (Wildman–Crippen LogP) is 4.11. The number of halogens is 2. The molecule has 0 aliphatic carbocycles. The third-order valence-corrected chi connectivity index (χ3v) is 3.03. The van der Waals surface area contributed by atoms with Gasteiger partial charge in [0.2, 0.25) is 5.82 Å². The highest BCUT2D eigenvalue weighted by Crippen LogP contribution is 2.27. The molecule has 0 saturated heterocycles. The minimum absolute atomic E-state index is 0.171. The zero-order valence-electron chi connectivity index (χ0n) is 9.77. The van der Waals surface area contributed by atoms with Gasteiger partial charge in [-0.25, -0.2) is 0 Å². The number of hydrogen-bond donors (Lipinski definition) is 1. The van der Waals surface area contributed by atoms with Crippen LogP contribution in [0.5, 0.6) is 0 Å². The van der Waals surface area contributed by atoms with E-state index in [0.717, 1.165) is 16.1 Å². The molecule has 0 aliphatic heterocycles. The van der Waals surface area contributed by atoms with E-state index in [1.54, 1.807) is 0 Å². The molecule has 0 atom stereocenters. The lowest BCUT2D eigenvalue weighted by molar-refractivity contribution is -0.386. The smallest absolute Gasteiger partial charge is 0.327 e. The molecule has 0 heterocycles. The van der Waals surface area contributed by atoms with Crippen LogP contribution in [0, 0.1) is 15.9 Å². The van der Waals surface area contributed by atoms with Gasteiger partial charge in [0.05, 0.1) is 4.92 Å². The summed E-state index contributed by atoms with van der Waals surface area (Å²) in [6, 6.07) is 11.5. The Bertz CT molecular complexity index is 619. The Morgan fingerprint density at radius 3 is 2.68 bits per heavy atom. The van der Waals surface area contributed by atoms with Gasteiger partial charge in [0.25, 0.3) is 0 Å². The van der Waals surface area contributed by atoms with E-state index in [1.807, 2.05) is 24.3 Å². The van der Waals surface area contributed by atoms with Crippen LogP contribution in [0.4, 0.5) is 15.8 Å². The summed E-state index contributed by atoms with van der Waals surface area (Å²) < 4.78 is 14.3. The van der Waals surface area contributed by atoms with Gasteiger partial charge in [-0.2, -0.15) is 4.39 Å². The summed E-state index contributed by atoms with van der Waals surface area (Å²) in [6.45, 7) is 0.379. The molecule has 0 fully saturated rings. The summed E-state index contributed by atoms with van der Waals surface area (Å²) in [5, 5.41) is 13.7. The fourth-order valence-corrected chi connectivity index (χ4v) is 2.13. The molecule has 0 unspecified atom stereocenters. The van der Waals surface area contributed by atoms with E-state index in [0.29, 0.717) is 6.54 Å². The maximum absolute atomic E-state index is 13.4. The van der Waals surface area contributed by atoms with Crippen molar-refractivity contribution < 1.29 is 9.31 Å². The van der Waals surface area contributed by atoms with Gasteiger partial charge < -0.3 is 5.32 Å². The Morgan fingerprint density at radius 2 is 2.00 bits per heavy atom. The fourth-order valence-electron chi connectivity index (χ4n) is 1.69. The fraction of sp³-hybridized carbons (Fsp3) is 0.0769. The van der Waals surface area contributed by atoms with Gasteiger partial charge in [0.1, 0.15) is 5.69 Å². The Labute approximate surface area is 117 Å². The van der Waals surface area contributed by atoms with Crippen molar-refractivity contribution in [2.75, 3.05) is 5.32 Å². The van der Waals surface area contributed by atoms with Crippen LogP contribution >= 0.6 is 15.9 Å². The lowest BCUT2D eigenvalue weighted by Crippen LogP contribution is -2.04. The van der Waals surface area contributed by atoms with E-state index in [4.69, 9.17) is 0 Å². The van der Waals surface area contributed by atoms with Crippen molar-refractivity contribution in [3.63, 3.8) is 0 Å². The lowest BCUT2D eigenvalue weighted by Gasteiger charge is -2.07. The third-order valence-electron chi connectivity index (χ3n) is 2.54. The quantitative estimate of drug-likeness (QED) is 0.680. The Balaban J connectivity index is 2.20. The van der Waals surface area contributed by atoms with Gasteiger partial charge in [-0.1, -0.05) is 34.1 Å². The van der Waals surface area contributed by atoms with Gasteiger partial charge in [-0.15, -0.1) is 0 Å². The molecule has 2 aromatic rings. The third kappa shape index (κ3) is 3.29. The van der Waals surface area contributed by atoms with Crippen molar-refractivity contribution in [1.82, 2.24) is 0 Å². The molecule has 98 valence electrons. The second-order valence-electron chi connectivity index (χ2n) is 3.88. The average Bonchev–Trinajstić information content (AvgIpc) is 2.36. The van der Waals surface area contributed by atoms with Gasteiger partial charge in [0.15, 0.2) is 0 Å². The van der Waals surface area contributed by atoms with Crippen LogP contribution < -0.4 is 5.32 Å². The second-order valence-corrected chi connectivity index (χ2v) is 4.79. The molecular weight excluding hydrogens is 315 g/mol. The molecule has 0 radical (unpaired) electrons. The normalized spacial score (nSPS) is 10.2. The van der Waals surface area contributed by atoms with E-state index in [2.05, 4.69) is 21.2 Å². The molecule has 0 saturated carbocycles. The van der Waals surface area contributed by atoms with Crippen molar-refractivity contribution in [3.05, 3.63) is 68.4 Å². The van der Waals surface area contributed by atoms with Crippen molar-refractivity contribution in [2.45, 2.75) is 6.54 Å². The topological polar surface area (TPSA) is 55.2 Å². The molecule has 0 aliphatic rings. The molecule has 0 bridgehead atoms. The number of nitro groups is 1. The summed E-state index contributed by atoms with van der Waals surface area (Å²) in [6.07, 6.45) is 0. The SMILES string of the molecule is O=[N+]([O-])c1c(F)cccc1NCc1cccc(Br)c1. The number of nitrogens with zero attached hydrogens (tertiary/aromatic N) is 1. The number of benzene rings is 2. The lowest BCUT2D eigenvalue weighted by atomic mass is 10.2. The molecular formula is C13H10BrFN2O2. The molecule has 4 nitrogen and oxygen atoms in total. The van der Waals surface area contributed by atoms with E-state index >= 15 is 0 Å². The minimum Gasteiger partial charge on any atom is -0.375 e. The Morgan fingerprint density at radius 1 is 1.26 bits per heavy atom. The van der Waals surface area contributed by atoms with Crippen LogP contribution in [0.1, 0.15) is 5.56 Å². The predicted molar refractivity (Wildman–Crippen MR) is 74.5 cm³/mol. The Hall–Kier alpha value is -1.95. The number of nitrogens with one attached hydrogen (secondary N) is 1. The van der Waals surface area contributed by atoms with Crippen LogP contribution in [-0.4, -0.2) is 4.92 Å². The maximum Gasteiger partial charge on any atom is 0.327 e. The highest BCUT2D eigenvalue weighted by molar-refractivity contribution is 9.10. The van der Waals surface area contributed by atoms with E-state index in [1.165, 1.54) is 12.1 Å².